The van der Waals surface area contributed by atoms with Gasteiger partial charge >= 0.3 is 0 Å². The van der Waals surface area contributed by atoms with Gasteiger partial charge in [0.15, 0.2) is 0 Å². The zero-order valence-corrected chi connectivity index (χ0v) is 17.0. The lowest BCUT2D eigenvalue weighted by Crippen LogP contribution is -2.41. The summed E-state index contributed by atoms with van der Waals surface area (Å²) in [7, 11) is -1.80. The topological polar surface area (TPSA) is 79.8 Å². The number of piperidine rings is 1. The number of thiophene rings is 1. The number of amides is 1. The van der Waals surface area contributed by atoms with E-state index in [4.69, 9.17) is 4.74 Å². The average molecular weight is 410 g/mol. The Morgan fingerprint density at radius 1 is 1.33 bits per heavy atom. The van der Waals surface area contributed by atoms with Crippen LogP contribution in [0.1, 0.15) is 29.4 Å². The van der Waals surface area contributed by atoms with Crippen LogP contribution in [0.4, 0.5) is 5.69 Å². The molecule has 0 saturated carbocycles. The van der Waals surface area contributed by atoms with Crippen LogP contribution in [0.15, 0.2) is 35.8 Å². The number of anilines is 1. The van der Waals surface area contributed by atoms with Gasteiger partial charge in [-0.05, 0) is 24.4 Å². The number of ether oxygens (including phenoxy) is 1. The van der Waals surface area contributed by atoms with Crippen LogP contribution in [0.5, 0.6) is 5.88 Å². The molecular formula is C18H23N3O4S2. The highest BCUT2D eigenvalue weighted by atomic mass is 32.2. The summed E-state index contributed by atoms with van der Waals surface area (Å²) in [5.74, 6) is 0.569. The number of carbonyl (C=O) groups excluding carboxylic acids is 1. The lowest BCUT2D eigenvalue weighted by molar-refractivity contribution is 0.0592. The second-order valence-corrected chi connectivity index (χ2v) is 9.55. The minimum Gasteiger partial charge on any atom is -0.474 e. The number of likely N-dealkylation sites (tertiary alicyclic amines) is 1. The van der Waals surface area contributed by atoms with Gasteiger partial charge in [-0.1, -0.05) is 6.07 Å². The van der Waals surface area contributed by atoms with E-state index in [1.165, 1.54) is 28.9 Å². The summed E-state index contributed by atoms with van der Waals surface area (Å²) in [4.78, 5) is 19.2. The van der Waals surface area contributed by atoms with E-state index in [-0.39, 0.29) is 17.8 Å². The minimum atomic E-state index is -3.31. The molecule has 3 heterocycles. The summed E-state index contributed by atoms with van der Waals surface area (Å²) in [5, 5.41) is 1.90. The Morgan fingerprint density at radius 3 is 2.63 bits per heavy atom. The van der Waals surface area contributed by atoms with Crippen molar-refractivity contribution in [2.24, 2.45) is 0 Å². The Hall–Kier alpha value is -2.13. The van der Waals surface area contributed by atoms with E-state index in [0.29, 0.717) is 24.7 Å². The third kappa shape index (κ3) is 4.59. The first-order chi connectivity index (χ1) is 12.9. The van der Waals surface area contributed by atoms with Gasteiger partial charge in [-0.2, -0.15) is 0 Å². The fourth-order valence-electron chi connectivity index (χ4n) is 2.89. The summed E-state index contributed by atoms with van der Waals surface area (Å²) in [6, 6.07) is 7.09. The van der Waals surface area contributed by atoms with Crippen LogP contribution in [0.25, 0.3) is 0 Å². The number of aromatic nitrogens is 1. The number of nitrogens with zero attached hydrogens (tertiary/aromatic N) is 3. The monoisotopic (exact) mass is 409 g/mol. The maximum absolute atomic E-state index is 12.4. The maximum atomic E-state index is 12.4. The summed E-state index contributed by atoms with van der Waals surface area (Å²) in [5.41, 5.74) is 0.501. The number of sulfonamides is 1. The molecule has 27 heavy (non-hydrogen) atoms. The van der Waals surface area contributed by atoms with Crippen LogP contribution in [0.2, 0.25) is 0 Å². The van der Waals surface area contributed by atoms with Crippen molar-refractivity contribution >= 4 is 33.0 Å². The standard InChI is InChI=1S/C18H23N3O4S2/c1-3-27(23,24)20(2)14-6-7-17(19-13-14)25-15-8-10-21(11-9-15)18(22)16-5-4-12-26-16/h4-7,12-13,15H,3,8-11H2,1-2H3. The van der Waals surface area contributed by atoms with Crippen LogP contribution < -0.4 is 9.04 Å². The molecule has 0 atom stereocenters. The first kappa shape index (κ1) is 19.6. The lowest BCUT2D eigenvalue weighted by Gasteiger charge is -2.31. The smallest absolute Gasteiger partial charge is 0.263 e. The number of hydrogen-bond donors (Lipinski definition) is 0. The van der Waals surface area contributed by atoms with Gasteiger partial charge in [0, 0.05) is 39.0 Å². The van der Waals surface area contributed by atoms with Gasteiger partial charge in [-0.25, -0.2) is 13.4 Å². The van der Waals surface area contributed by atoms with Crippen molar-refractivity contribution < 1.29 is 17.9 Å². The molecule has 2 aromatic rings. The van der Waals surface area contributed by atoms with Crippen LogP contribution in [-0.2, 0) is 10.0 Å². The highest BCUT2D eigenvalue weighted by Crippen LogP contribution is 2.22. The molecule has 0 radical (unpaired) electrons. The molecule has 146 valence electrons. The van der Waals surface area contributed by atoms with E-state index in [9.17, 15) is 13.2 Å². The summed E-state index contributed by atoms with van der Waals surface area (Å²) in [6.07, 6.45) is 2.97. The van der Waals surface area contributed by atoms with Gasteiger partial charge < -0.3 is 9.64 Å². The highest BCUT2D eigenvalue weighted by molar-refractivity contribution is 7.92. The Bertz CT molecular complexity index is 859. The second kappa shape index (κ2) is 8.26. The van der Waals surface area contributed by atoms with Crippen molar-refractivity contribution in [3.63, 3.8) is 0 Å². The number of hydrogen-bond acceptors (Lipinski definition) is 6. The van der Waals surface area contributed by atoms with Crippen molar-refractivity contribution in [2.75, 3.05) is 30.2 Å². The summed E-state index contributed by atoms with van der Waals surface area (Å²) < 4.78 is 30.9. The largest absolute Gasteiger partial charge is 0.474 e. The maximum Gasteiger partial charge on any atom is 0.263 e. The molecule has 1 aliphatic rings. The van der Waals surface area contributed by atoms with Gasteiger partial charge in [0.25, 0.3) is 5.91 Å². The van der Waals surface area contributed by atoms with E-state index < -0.39 is 10.0 Å². The van der Waals surface area contributed by atoms with Gasteiger partial charge in [0.1, 0.15) is 6.10 Å². The number of pyridine rings is 1. The third-order valence-electron chi connectivity index (χ3n) is 4.61. The molecule has 0 bridgehead atoms. The molecular weight excluding hydrogens is 386 g/mol. The van der Waals surface area contributed by atoms with Gasteiger partial charge in [-0.3, -0.25) is 9.10 Å². The molecule has 1 saturated heterocycles. The number of rotatable bonds is 6. The Labute approximate surface area is 163 Å². The normalized spacial score (nSPS) is 15.6. The van der Waals surface area contributed by atoms with Crippen molar-refractivity contribution in [2.45, 2.75) is 25.9 Å². The molecule has 0 unspecified atom stereocenters. The van der Waals surface area contributed by atoms with Crippen LogP contribution >= 0.6 is 11.3 Å². The third-order valence-corrected chi connectivity index (χ3v) is 7.25. The van der Waals surface area contributed by atoms with E-state index in [1.807, 2.05) is 22.4 Å². The fraction of sp³-hybridized carbons (Fsp3) is 0.444. The number of carbonyl (C=O) groups is 1. The average Bonchev–Trinajstić information content (AvgIpc) is 3.23. The summed E-state index contributed by atoms with van der Waals surface area (Å²) in [6.45, 7) is 2.90. The Morgan fingerprint density at radius 2 is 2.07 bits per heavy atom. The highest BCUT2D eigenvalue weighted by Gasteiger charge is 2.25. The molecule has 0 spiro atoms. The molecule has 0 N–H and O–H groups in total. The van der Waals surface area contributed by atoms with Crippen molar-refractivity contribution in [1.29, 1.82) is 0 Å². The predicted octanol–water partition coefficient (Wildman–Crippen LogP) is 2.61. The van der Waals surface area contributed by atoms with Gasteiger partial charge in [0.2, 0.25) is 15.9 Å². The Kier molecular flexibility index (Phi) is 6.01. The quantitative estimate of drug-likeness (QED) is 0.733. The zero-order chi connectivity index (χ0) is 19.4. The SMILES string of the molecule is CCS(=O)(=O)N(C)c1ccc(OC2CCN(C(=O)c3cccs3)CC2)nc1. The molecule has 0 aliphatic carbocycles. The predicted molar refractivity (Wildman–Crippen MR) is 106 cm³/mol. The van der Waals surface area contributed by atoms with Crippen LogP contribution in [-0.4, -0.2) is 56.2 Å². The molecule has 0 aromatic carbocycles. The zero-order valence-electron chi connectivity index (χ0n) is 15.4. The molecule has 1 aliphatic heterocycles. The fourth-order valence-corrected chi connectivity index (χ4v) is 4.39. The van der Waals surface area contributed by atoms with Crippen LogP contribution in [0, 0.1) is 0 Å². The van der Waals surface area contributed by atoms with E-state index in [2.05, 4.69) is 4.98 Å². The van der Waals surface area contributed by atoms with E-state index >= 15 is 0 Å². The van der Waals surface area contributed by atoms with Crippen molar-refractivity contribution in [3.8, 4) is 5.88 Å². The molecule has 2 aromatic heterocycles. The molecule has 1 amide bonds. The first-order valence-electron chi connectivity index (χ1n) is 8.83. The molecule has 9 heteroatoms. The van der Waals surface area contributed by atoms with Gasteiger partial charge in [-0.15, -0.1) is 11.3 Å². The first-order valence-corrected chi connectivity index (χ1v) is 11.3. The molecule has 7 nitrogen and oxygen atoms in total. The van der Waals surface area contributed by atoms with Crippen molar-refractivity contribution in [3.05, 3.63) is 40.7 Å². The van der Waals surface area contributed by atoms with E-state index in [0.717, 1.165) is 17.7 Å². The Balaban J connectivity index is 1.54. The molecule has 3 rings (SSSR count). The van der Waals surface area contributed by atoms with Crippen molar-refractivity contribution in [1.82, 2.24) is 9.88 Å². The minimum absolute atomic E-state index is 0.00663. The lowest BCUT2D eigenvalue weighted by atomic mass is 10.1. The van der Waals surface area contributed by atoms with E-state index in [1.54, 1.807) is 19.1 Å². The summed E-state index contributed by atoms with van der Waals surface area (Å²) >= 11 is 1.46. The van der Waals surface area contributed by atoms with Gasteiger partial charge in [0.05, 0.1) is 22.5 Å². The second-order valence-electron chi connectivity index (χ2n) is 6.31. The molecule has 1 fully saturated rings. The van der Waals surface area contributed by atoms with Crippen LogP contribution in [0.3, 0.4) is 0 Å².